The van der Waals surface area contributed by atoms with Crippen molar-refractivity contribution in [3.63, 3.8) is 0 Å². The molecule has 0 saturated heterocycles. The minimum absolute atomic E-state index is 0.125. The van der Waals surface area contributed by atoms with E-state index in [0.29, 0.717) is 31.6 Å². The summed E-state index contributed by atoms with van der Waals surface area (Å²) in [5.74, 6) is 0.125. The maximum absolute atomic E-state index is 12.3. The topological polar surface area (TPSA) is 56.1 Å². The fourth-order valence-corrected chi connectivity index (χ4v) is 2.35. The van der Waals surface area contributed by atoms with Crippen molar-refractivity contribution < 1.29 is 4.79 Å². The summed E-state index contributed by atoms with van der Waals surface area (Å²) in [5, 5.41) is 12.1. The van der Waals surface area contributed by atoms with Crippen molar-refractivity contribution in [2.45, 2.75) is 19.9 Å². The van der Waals surface area contributed by atoms with Gasteiger partial charge in [0.2, 0.25) is 5.91 Å². The number of carbonyl (C=O) groups is 1. The molecule has 0 aliphatic heterocycles. The quantitative estimate of drug-likeness (QED) is 0.853. The van der Waals surface area contributed by atoms with E-state index in [0.717, 1.165) is 11.3 Å². The van der Waals surface area contributed by atoms with Crippen LogP contribution in [0.3, 0.4) is 0 Å². The number of amides is 1. The molecule has 0 unspecified atom stereocenters. The number of nitrogens with zero attached hydrogens (tertiary/aromatic N) is 2. The van der Waals surface area contributed by atoms with Gasteiger partial charge in [-0.2, -0.15) is 5.26 Å². The van der Waals surface area contributed by atoms with Gasteiger partial charge in [-0.25, -0.2) is 0 Å². The lowest BCUT2D eigenvalue weighted by Crippen LogP contribution is -2.31. The predicted molar refractivity (Wildman–Crippen MR) is 91.8 cm³/mol. The molecule has 1 N–H and O–H groups in total. The minimum atomic E-state index is 0.125. The maximum atomic E-state index is 12.3. The summed E-state index contributed by atoms with van der Waals surface area (Å²) >= 11 is 0. The van der Waals surface area contributed by atoms with Crippen LogP contribution < -0.4 is 5.32 Å². The minimum Gasteiger partial charge on any atom is -0.384 e. The lowest BCUT2D eigenvalue weighted by atomic mass is 10.2. The lowest BCUT2D eigenvalue weighted by Gasteiger charge is -2.21. The molecular formula is C19H21N3O. The molecule has 0 spiro atoms. The summed E-state index contributed by atoms with van der Waals surface area (Å²) in [6, 6.07) is 19.4. The van der Waals surface area contributed by atoms with E-state index in [1.807, 2.05) is 54.3 Å². The Labute approximate surface area is 137 Å². The Morgan fingerprint density at radius 1 is 1.17 bits per heavy atom. The summed E-state index contributed by atoms with van der Waals surface area (Å²) < 4.78 is 0. The van der Waals surface area contributed by atoms with E-state index in [1.165, 1.54) is 0 Å². The van der Waals surface area contributed by atoms with Crippen LogP contribution >= 0.6 is 0 Å². The molecule has 2 aromatic carbocycles. The number of nitrogens with one attached hydrogen (secondary N) is 1. The number of carbonyl (C=O) groups excluding carboxylic acids is 1. The van der Waals surface area contributed by atoms with Crippen molar-refractivity contribution in [3.8, 4) is 6.07 Å². The third kappa shape index (κ3) is 5.15. The lowest BCUT2D eigenvalue weighted by molar-refractivity contribution is -0.131. The monoisotopic (exact) mass is 307 g/mol. The van der Waals surface area contributed by atoms with E-state index in [9.17, 15) is 4.79 Å². The normalized spacial score (nSPS) is 9.91. The Morgan fingerprint density at radius 2 is 1.96 bits per heavy atom. The van der Waals surface area contributed by atoms with Crippen molar-refractivity contribution in [3.05, 3.63) is 65.7 Å². The van der Waals surface area contributed by atoms with Crippen LogP contribution in [-0.2, 0) is 11.3 Å². The zero-order valence-corrected chi connectivity index (χ0v) is 13.3. The van der Waals surface area contributed by atoms with Crippen LogP contribution in [0.5, 0.6) is 0 Å². The van der Waals surface area contributed by atoms with Crippen LogP contribution in [-0.4, -0.2) is 23.9 Å². The van der Waals surface area contributed by atoms with Gasteiger partial charge in [0.1, 0.15) is 0 Å². The smallest absolute Gasteiger partial charge is 0.224 e. The predicted octanol–water partition coefficient (Wildman–Crippen LogP) is 3.41. The zero-order chi connectivity index (χ0) is 16.5. The molecule has 118 valence electrons. The fraction of sp³-hybridized carbons (Fsp3) is 0.263. The van der Waals surface area contributed by atoms with Crippen molar-refractivity contribution in [2.24, 2.45) is 0 Å². The van der Waals surface area contributed by atoms with Gasteiger partial charge in [-0.1, -0.05) is 36.4 Å². The van der Waals surface area contributed by atoms with E-state index in [2.05, 4.69) is 11.4 Å². The molecule has 2 aromatic rings. The van der Waals surface area contributed by atoms with Gasteiger partial charge in [-0.15, -0.1) is 0 Å². The molecule has 0 aliphatic rings. The van der Waals surface area contributed by atoms with Crippen LogP contribution in [0.4, 0.5) is 5.69 Å². The van der Waals surface area contributed by atoms with Crippen LogP contribution in [0.2, 0.25) is 0 Å². The molecule has 0 atom stereocenters. The Balaban J connectivity index is 1.84. The van der Waals surface area contributed by atoms with E-state index in [-0.39, 0.29) is 5.91 Å². The third-order valence-electron chi connectivity index (χ3n) is 3.61. The highest BCUT2D eigenvalue weighted by Gasteiger charge is 2.11. The molecule has 0 saturated carbocycles. The molecule has 2 rings (SSSR count). The molecule has 0 bridgehead atoms. The first-order chi connectivity index (χ1) is 11.2. The average molecular weight is 307 g/mol. The highest BCUT2D eigenvalue weighted by molar-refractivity contribution is 5.76. The molecule has 1 amide bonds. The molecule has 4 nitrogen and oxygen atoms in total. The fourth-order valence-electron chi connectivity index (χ4n) is 2.35. The number of anilines is 1. The van der Waals surface area contributed by atoms with Gasteiger partial charge >= 0.3 is 0 Å². The molecule has 0 aromatic heterocycles. The van der Waals surface area contributed by atoms with Crippen LogP contribution in [0.25, 0.3) is 0 Å². The van der Waals surface area contributed by atoms with E-state index in [1.54, 1.807) is 12.1 Å². The Kier molecular flexibility index (Phi) is 6.19. The molecule has 23 heavy (non-hydrogen) atoms. The molecule has 0 aliphatic carbocycles. The first kappa shape index (κ1) is 16.6. The van der Waals surface area contributed by atoms with Gasteiger partial charge < -0.3 is 10.2 Å². The van der Waals surface area contributed by atoms with Gasteiger partial charge in [0, 0.05) is 31.7 Å². The van der Waals surface area contributed by atoms with Crippen LogP contribution in [0.1, 0.15) is 24.5 Å². The van der Waals surface area contributed by atoms with Crippen LogP contribution in [0.15, 0.2) is 54.6 Å². The second-order valence-electron chi connectivity index (χ2n) is 5.26. The standard InChI is InChI=1S/C19H21N3O/c1-2-22(15-16-7-4-3-5-8-16)19(23)11-12-21-18-10-6-9-17(13-18)14-20/h3-10,13,21H,2,11-12,15H2,1H3. The van der Waals surface area contributed by atoms with Crippen molar-refractivity contribution >= 4 is 11.6 Å². The van der Waals surface area contributed by atoms with Gasteiger partial charge in [-0.05, 0) is 30.7 Å². The molecular weight excluding hydrogens is 286 g/mol. The summed E-state index contributed by atoms with van der Waals surface area (Å²) in [6.45, 7) is 3.88. The molecule has 0 fully saturated rings. The summed E-state index contributed by atoms with van der Waals surface area (Å²) in [4.78, 5) is 14.2. The summed E-state index contributed by atoms with van der Waals surface area (Å²) in [6.07, 6.45) is 0.428. The van der Waals surface area contributed by atoms with Crippen LogP contribution in [0, 0.1) is 11.3 Å². The van der Waals surface area contributed by atoms with Gasteiger partial charge in [-0.3, -0.25) is 4.79 Å². The first-order valence-corrected chi connectivity index (χ1v) is 7.78. The van der Waals surface area contributed by atoms with Crippen molar-refractivity contribution in [2.75, 3.05) is 18.4 Å². The largest absolute Gasteiger partial charge is 0.384 e. The van der Waals surface area contributed by atoms with E-state index in [4.69, 9.17) is 5.26 Å². The summed E-state index contributed by atoms with van der Waals surface area (Å²) in [7, 11) is 0. The van der Waals surface area contributed by atoms with Gasteiger partial charge in [0.15, 0.2) is 0 Å². The highest BCUT2D eigenvalue weighted by atomic mass is 16.2. The highest BCUT2D eigenvalue weighted by Crippen LogP contribution is 2.10. The number of rotatable bonds is 7. The number of hydrogen-bond acceptors (Lipinski definition) is 3. The number of nitriles is 1. The molecule has 0 radical (unpaired) electrons. The average Bonchev–Trinajstić information content (AvgIpc) is 2.60. The SMILES string of the molecule is CCN(Cc1ccccc1)C(=O)CCNc1cccc(C#N)c1. The Hall–Kier alpha value is -2.80. The second-order valence-corrected chi connectivity index (χ2v) is 5.26. The molecule has 4 heteroatoms. The van der Waals surface area contributed by atoms with Crippen molar-refractivity contribution in [1.29, 1.82) is 5.26 Å². The number of benzene rings is 2. The number of hydrogen-bond donors (Lipinski definition) is 1. The van der Waals surface area contributed by atoms with Gasteiger partial charge in [0.05, 0.1) is 11.6 Å². The Bertz CT molecular complexity index is 677. The van der Waals surface area contributed by atoms with Crippen molar-refractivity contribution in [1.82, 2.24) is 4.90 Å². The summed E-state index contributed by atoms with van der Waals surface area (Å²) in [5.41, 5.74) is 2.61. The van der Waals surface area contributed by atoms with Gasteiger partial charge in [0.25, 0.3) is 0 Å². The van der Waals surface area contributed by atoms with E-state index >= 15 is 0 Å². The third-order valence-corrected chi connectivity index (χ3v) is 3.61. The second kappa shape index (κ2) is 8.60. The Morgan fingerprint density at radius 3 is 2.65 bits per heavy atom. The molecule has 0 heterocycles. The maximum Gasteiger partial charge on any atom is 0.224 e. The zero-order valence-electron chi connectivity index (χ0n) is 13.3. The van der Waals surface area contributed by atoms with E-state index < -0.39 is 0 Å². The first-order valence-electron chi connectivity index (χ1n) is 7.78.